The first-order valence-electron chi connectivity index (χ1n) is 13.2. The van der Waals surface area contributed by atoms with Gasteiger partial charge in [-0.1, -0.05) is 6.08 Å². The Morgan fingerprint density at radius 3 is 2.92 bits per heavy atom. The number of ether oxygens (including phenoxy) is 1. The molecule has 4 heterocycles. The number of allylic oxidation sites excluding steroid dienone is 1. The van der Waals surface area contributed by atoms with Crippen LogP contribution in [0.15, 0.2) is 77.4 Å². The Morgan fingerprint density at radius 1 is 1.23 bits per heavy atom. The minimum absolute atomic E-state index is 0.00475. The summed E-state index contributed by atoms with van der Waals surface area (Å²) in [6.07, 6.45) is 13.8. The number of anilines is 3. The number of aromatic nitrogens is 3. The van der Waals surface area contributed by atoms with Crippen LogP contribution in [0.1, 0.15) is 12.0 Å². The summed E-state index contributed by atoms with van der Waals surface area (Å²) in [4.78, 5) is 34.6. The van der Waals surface area contributed by atoms with Gasteiger partial charge < -0.3 is 15.0 Å². The molecule has 1 atom stereocenters. The lowest BCUT2D eigenvalue weighted by Gasteiger charge is -2.16. The number of carbonyl (C=O) groups is 1. The van der Waals surface area contributed by atoms with Gasteiger partial charge in [0.2, 0.25) is 5.71 Å². The molecule has 2 aromatic heterocycles. The average molecular weight is 536 g/mol. The van der Waals surface area contributed by atoms with Gasteiger partial charge in [-0.05, 0) is 74.4 Å². The number of aryl methyl sites for hydroxylation is 1. The van der Waals surface area contributed by atoms with E-state index < -0.39 is 0 Å². The molecule has 1 amide bonds. The summed E-state index contributed by atoms with van der Waals surface area (Å²) >= 11 is 0. The maximum atomic E-state index is 13.0. The highest BCUT2D eigenvalue weighted by Crippen LogP contribution is 2.31. The second-order valence-electron chi connectivity index (χ2n) is 10.4. The summed E-state index contributed by atoms with van der Waals surface area (Å²) in [6.45, 7) is 3.33. The van der Waals surface area contributed by atoms with Gasteiger partial charge in [0.15, 0.2) is 6.04 Å². The number of aliphatic imine (C=N–C) groups is 1. The van der Waals surface area contributed by atoms with Gasteiger partial charge in [-0.25, -0.2) is 15.0 Å². The van der Waals surface area contributed by atoms with E-state index in [1.807, 2.05) is 81.8 Å². The second kappa shape index (κ2) is 10.5. The van der Waals surface area contributed by atoms with Gasteiger partial charge in [-0.2, -0.15) is 0 Å². The topological polar surface area (TPSA) is 98.9 Å². The van der Waals surface area contributed by atoms with Crippen LogP contribution in [0.25, 0.3) is 10.9 Å². The highest BCUT2D eigenvalue weighted by Gasteiger charge is 2.30. The van der Waals surface area contributed by atoms with E-state index in [2.05, 4.69) is 35.9 Å². The van der Waals surface area contributed by atoms with Gasteiger partial charge in [0.25, 0.3) is 12.2 Å². The third-order valence-corrected chi connectivity index (χ3v) is 7.14. The molecule has 0 bridgehead atoms. The van der Waals surface area contributed by atoms with Crippen LogP contribution < -0.4 is 15.0 Å². The fourth-order valence-corrected chi connectivity index (χ4v) is 4.93. The molecule has 0 radical (unpaired) electrons. The summed E-state index contributed by atoms with van der Waals surface area (Å²) in [5, 5.41) is 4.20. The Kier molecular flexibility index (Phi) is 6.69. The molecule has 1 aromatic carbocycles. The normalized spacial score (nSPS) is 19.3. The molecule has 1 N–H and O–H groups in total. The van der Waals surface area contributed by atoms with Crippen molar-refractivity contribution >= 4 is 46.2 Å². The lowest BCUT2D eigenvalue weighted by molar-refractivity contribution is -0.499. The number of amides is 1. The molecule has 10 nitrogen and oxygen atoms in total. The minimum Gasteiger partial charge on any atom is -0.457 e. The molecule has 3 aliphatic rings. The van der Waals surface area contributed by atoms with Gasteiger partial charge in [-0.15, -0.1) is 0 Å². The second-order valence-corrected chi connectivity index (χ2v) is 10.4. The van der Waals surface area contributed by atoms with Gasteiger partial charge in [0.05, 0.1) is 18.8 Å². The predicted molar refractivity (Wildman–Crippen MR) is 157 cm³/mol. The maximum absolute atomic E-state index is 13.0. The fraction of sp³-hybridized carbons (Fsp3) is 0.267. The monoisotopic (exact) mass is 535 g/mol. The summed E-state index contributed by atoms with van der Waals surface area (Å²) in [7, 11) is 5.98. The van der Waals surface area contributed by atoms with E-state index in [0.29, 0.717) is 30.1 Å². The SMILES string of the molecule is Cc1cc(Nc2ncnc3cnc(N4CC/C(=C\CN(C)C)C4=O)cc23)ccc1OC1=CC2=NC=[N+](C)C2C=C1. The number of benzene rings is 1. The highest BCUT2D eigenvalue weighted by molar-refractivity contribution is 6.08. The van der Waals surface area contributed by atoms with Crippen LogP contribution in [0.4, 0.5) is 17.3 Å². The van der Waals surface area contributed by atoms with Crippen LogP contribution in [-0.4, -0.2) is 82.7 Å². The summed E-state index contributed by atoms with van der Waals surface area (Å²) < 4.78 is 8.24. The first kappa shape index (κ1) is 25.6. The molecular formula is C30H31N8O2+. The molecule has 0 saturated carbocycles. The van der Waals surface area contributed by atoms with E-state index in [9.17, 15) is 4.79 Å². The molecule has 2 aliphatic heterocycles. The molecule has 6 rings (SSSR count). The number of nitrogens with one attached hydrogen (secondary N) is 1. The molecule has 202 valence electrons. The Morgan fingerprint density at radius 2 is 2.10 bits per heavy atom. The zero-order chi connectivity index (χ0) is 27.8. The first-order valence-corrected chi connectivity index (χ1v) is 13.2. The van der Waals surface area contributed by atoms with Crippen LogP contribution >= 0.6 is 0 Å². The van der Waals surface area contributed by atoms with E-state index in [0.717, 1.165) is 46.0 Å². The number of hydrogen-bond donors (Lipinski definition) is 1. The predicted octanol–water partition coefficient (Wildman–Crippen LogP) is 3.63. The Labute approximate surface area is 232 Å². The van der Waals surface area contributed by atoms with Crippen molar-refractivity contribution in [2.24, 2.45) is 4.99 Å². The van der Waals surface area contributed by atoms with Crippen molar-refractivity contribution in [3.05, 3.63) is 78.0 Å². The maximum Gasteiger partial charge on any atom is 0.282 e. The third-order valence-electron chi connectivity index (χ3n) is 7.14. The largest absolute Gasteiger partial charge is 0.457 e. The van der Waals surface area contributed by atoms with Crippen LogP contribution in [0, 0.1) is 6.92 Å². The lowest BCUT2D eigenvalue weighted by atomic mass is 10.1. The van der Waals surface area contributed by atoms with Gasteiger partial charge in [0, 0.05) is 35.8 Å². The average Bonchev–Trinajstić information content (AvgIpc) is 3.50. The number of likely N-dealkylation sites (N-methyl/N-ethyl adjacent to an activating group) is 2. The first-order chi connectivity index (χ1) is 19.4. The molecule has 1 unspecified atom stereocenters. The van der Waals surface area contributed by atoms with Crippen molar-refractivity contribution in [1.29, 1.82) is 0 Å². The van der Waals surface area contributed by atoms with Crippen LogP contribution in [0.3, 0.4) is 0 Å². The summed E-state index contributed by atoms with van der Waals surface area (Å²) in [6, 6.07) is 7.96. The van der Waals surface area contributed by atoms with E-state index >= 15 is 0 Å². The van der Waals surface area contributed by atoms with Crippen LogP contribution in [0.2, 0.25) is 0 Å². The zero-order valence-corrected chi connectivity index (χ0v) is 23.0. The Hall–Kier alpha value is -4.70. The molecule has 0 spiro atoms. The minimum atomic E-state index is -0.00475. The van der Waals surface area contributed by atoms with Crippen molar-refractivity contribution in [1.82, 2.24) is 19.9 Å². The molecule has 40 heavy (non-hydrogen) atoms. The van der Waals surface area contributed by atoms with Gasteiger partial charge in [0.1, 0.15) is 29.5 Å². The quantitative estimate of drug-likeness (QED) is 0.364. The molecule has 3 aromatic rings. The number of fused-ring (bicyclic) bond motifs is 2. The zero-order valence-electron chi connectivity index (χ0n) is 23.0. The van der Waals surface area contributed by atoms with Crippen molar-refractivity contribution < 1.29 is 14.1 Å². The summed E-state index contributed by atoms with van der Waals surface area (Å²) in [5.41, 5.74) is 4.31. The van der Waals surface area contributed by atoms with Gasteiger partial charge >= 0.3 is 0 Å². The number of nitrogens with zero attached hydrogens (tertiary/aromatic N) is 7. The van der Waals surface area contributed by atoms with Crippen LogP contribution in [-0.2, 0) is 4.79 Å². The van der Waals surface area contributed by atoms with E-state index in [1.54, 1.807) is 11.1 Å². The lowest BCUT2D eigenvalue weighted by Crippen LogP contribution is -2.26. The van der Waals surface area contributed by atoms with Crippen LogP contribution in [0.5, 0.6) is 5.75 Å². The van der Waals surface area contributed by atoms with E-state index in [1.165, 1.54) is 6.33 Å². The fourth-order valence-electron chi connectivity index (χ4n) is 4.93. The number of carbonyl (C=O) groups excluding carboxylic acids is 1. The smallest absolute Gasteiger partial charge is 0.282 e. The summed E-state index contributed by atoms with van der Waals surface area (Å²) in [5.74, 6) is 2.74. The van der Waals surface area contributed by atoms with Crippen molar-refractivity contribution in [2.45, 2.75) is 19.4 Å². The Bertz CT molecular complexity index is 1670. The third kappa shape index (κ3) is 5.01. The van der Waals surface area contributed by atoms with E-state index in [4.69, 9.17) is 4.74 Å². The number of pyridine rings is 1. The molecule has 10 heteroatoms. The molecule has 1 saturated heterocycles. The highest BCUT2D eigenvalue weighted by atomic mass is 16.5. The van der Waals surface area contributed by atoms with E-state index in [-0.39, 0.29) is 11.9 Å². The van der Waals surface area contributed by atoms with Crippen molar-refractivity contribution in [3.8, 4) is 5.75 Å². The van der Waals surface area contributed by atoms with Crippen molar-refractivity contribution in [2.75, 3.05) is 44.4 Å². The van der Waals surface area contributed by atoms with Gasteiger partial charge in [-0.3, -0.25) is 14.3 Å². The molecule has 1 aliphatic carbocycles. The number of rotatable bonds is 7. The van der Waals surface area contributed by atoms with Crippen molar-refractivity contribution in [3.63, 3.8) is 0 Å². The molecule has 1 fully saturated rings. The molecular weight excluding hydrogens is 504 g/mol. The Balaban J connectivity index is 1.21. The standard InChI is InChI=1S/C30H31N8O2/c1-19-13-21(5-8-27(19)40-22-6-7-26-24(14-22)34-18-37(26)4)35-29-23-15-28(31-16-25(23)32-17-33-29)38-12-10-20(30(38)39)9-11-36(2)3/h5-9,13-18,26H,10-12H2,1-4H3,(H,32,33,35)/q+1/b20-9+. The number of hydrogen-bond acceptors (Lipinski definition) is 8.